The summed E-state index contributed by atoms with van der Waals surface area (Å²) in [6, 6.07) is 4.30. The van der Waals surface area contributed by atoms with E-state index in [0.29, 0.717) is 37.5 Å². The van der Waals surface area contributed by atoms with Gasteiger partial charge in [-0.3, -0.25) is 0 Å². The second-order valence-corrected chi connectivity index (χ2v) is 10.6. The van der Waals surface area contributed by atoms with Crippen LogP contribution >= 0.6 is 0 Å². The molecule has 0 spiro atoms. The molecule has 2 aromatic carbocycles. The molecule has 0 bridgehead atoms. The predicted octanol–water partition coefficient (Wildman–Crippen LogP) is 9.33. The van der Waals surface area contributed by atoms with E-state index < -0.39 is 52.9 Å². The maximum Gasteiger partial charge on any atom is 0.422 e. The van der Waals surface area contributed by atoms with E-state index in [0.717, 1.165) is 37.8 Å². The topological polar surface area (TPSA) is 18.5 Å². The molecule has 8 heteroatoms. The van der Waals surface area contributed by atoms with Crippen LogP contribution in [0.2, 0.25) is 0 Å². The van der Waals surface area contributed by atoms with Gasteiger partial charge >= 0.3 is 6.11 Å². The van der Waals surface area contributed by atoms with Crippen molar-refractivity contribution in [3.63, 3.8) is 0 Å². The van der Waals surface area contributed by atoms with Crippen molar-refractivity contribution in [3.8, 4) is 16.9 Å². The first-order valence-electron chi connectivity index (χ1n) is 13.4. The molecule has 2 saturated carbocycles. The number of benzene rings is 2. The van der Waals surface area contributed by atoms with Crippen LogP contribution in [0.1, 0.15) is 76.7 Å². The predicted molar refractivity (Wildman–Crippen MR) is 134 cm³/mol. The highest BCUT2D eigenvalue weighted by Crippen LogP contribution is 2.40. The third-order valence-electron chi connectivity index (χ3n) is 7.83. The van der Waals surface area contributed by atoms with E-state index in [-0.39, 0.29) is 17.6 Å². The van der Waals surface area contributed by atoms with E-state index in [4.69, 9.17) is 4.74 Å². The molecule has 0 radical (unpaired) electrons. The zero-order chi connectivity index (χ0) is 27.4. The van der Waals surface area contributed by atoms with Gasteiger partial charge in [0.1, 0.15) is 0 Å². The lowest BCUT2D eigenvalue weighted by atomic mass is 9.78. The van der Waals surface area contributed by atoms with Crippen LogP contribution in [0.15, 0.2) is 36.4 Å². The molecule has 0 aliphatic heterocycles. The third-order valence-corrected chi connectivity index (χ3v) is 7.83. The third kappa shape index (κ3) is 6.56. The number of allylic oxidation sites excluding steroid dienone is 2. The minimum absolute atomic E-state index is 0.168. The minimum atomic E-state index is -3.90. The zero-order valence-corrected chi connectivity index (χ0v) is 21.7. The molecule has 4 rings (SSSR count). The van der Waals surface area contributed by atoms with Crippen molar-refractivity contribution in [1.82, 2.24) is 0 Å². The highest BCUT2D eigenvalue weighted by atomic mass is 19.3. The van der Waals surface area contributed by atoms with Crippen LogP contribution in [-0.2, 0) is 4.74 Å². The molecule has 0 unspecified atom stereocenters. The fraction of sp³-hybridized carbons (Fsp3) is 0.533. The van der Waals surface area contributed by atoms with Crippen molar-refractivity contribution in [2.75, 3.05) is 6.61 Å². The molecule has 2 aliphatic carbocycles. The monoisotopic (exact) mass is 540 g/mol. The Morgan fingerprint density at radius 3 is 2.03 bits per heavy atom. The first-order valence-corrected chi connectivity index (χ1v) is 13.4. The standard InChI is InChI=1S/C30H34F6O2/c1-3-4-19-7-9-20(10-8-19)22-13-14-23(27(32)26(22)31)24-15-16-25(29(34)28(24)33)38-30(35,36)17-37-21-11-5-18(2)6-12-21/h3-4,13-16,18-21H,5-12,17H2,1-2H3. The van der Waals surface area contributed by atoms with Crippen molar-refractivity contribution < 1.29 is 35.8 Å². The summed E-state index contributed by atoms with van der Waals surface area (Å²) in [5.74, 6) is -5.98. The van der Waals surface area contributed by atoms with Gasteiger partial charge in [-0.1, -0.05) is 31.2 Å². The smallest absolute Gasteiger partial charge is 0.422 e. The van der Waals surface area contributed by atoms with Crippen LogP contribution in [0.25, 0.3) is 11.1 Å². The molecule has 2 nitrogen and oxygen atoms in total. The normalized spacial score (nSPS) is 24.6. The molecule has 38 heavy (non-hydrogen) atoms. The molecule has 0 saturated heterocycles. The van der Waals surface area contributed by atoms with Gasteiger partial charge in [-0.2, -0.15) is 13.2 Å². The second-order valence-electron chi connectivity index (χ2n) is 10.6. The SMILES string of the molecule is CC=CC1CCC(c2ccc(-c3ccc(OC(F)(F)COC4CCC(C)CC4)c(F)c3F)c(F)c2F)CC1. The highest BCUT2D eigenvalue weighted by molar-refractivity contribution is 5.66. The Bertz CT molecular complexity index is 1130. The summed E-state index contributed by atoms with van der Waals surface area (Å²) in [5.41, 5.74) is -0.859. The summed E-state index contributed by atoms with van der Waals surface area (Å²) < 4.78 is 98.1. The first-order chi connectivity index (χ1) is 18.1. The van der Waals surface area contributed by atoms with Crippen molar-refractivity contribution in [2.24, 2.45) is 11.8 Å². The maximum absolute atomic E-state index is 15.0. The van der Waals surface area contributed by atoms with Crippen LogP contribution in [0.4, 0.5) is 26.3 Å². The Morgan fingerprint density at radius 2 is 1.39 bits per heavy atom. The van der Waals surface area contributed by atoms with Gasteiger partial charge in [0.15, 0.2) is 29.8 Å². The van der Waals surface area contributed by atoms with Gasteiger partial charge in [0, 0.05) is 11.1 Å². The molecule has 0 aromatic heterocycles. The second kappa shape index (κ2) is 12.1. The van der Waals surface area contributed by atoms with E-state index in [2.05, 4.69) is 17.7 Å². The lowest BCUT2D eigenvalue weighted by molar-refractivity contribution is -0.223. The fourth-order valence-electron chi connectivity index (χ4n) is 5.60. The number of rotatable bonds is 8. The van der Waals surface area contributed by atoms with Crippen molar-refractivity contribution in [2.45, 2.75) is 83.3 Å². The summed E-state index contributed by atoms with van der Waals surface area (Å²) in [4.78, 5) is 0. The Labute approximate surface area is 220 Å². The number of hydrogen-bond donors (Lipinski definition) is 0. The van der Waals surface area contributed by atoms with Crippen LogP contribution in [0, 0.1) is 35.1 Å². The summed E-state index contributed by atoms with van der Waals surface area (Å²) in [6.45, 7) is 2.92. The van der Waals surface area contributed by atoms with Gasteiger partial charge in [-0.15, -0.1) is 0 Å². The number of ether oxygens (including phenoxy) is 2. The summed E-state index contributed by atoms with van der Waals surface area (Å²) >= 11 is 0. The maximum atomic E-state index is 15.0. The highest BCUT2D eigenvalue weighted by Gasteiger charge is 2.36. The Hall–Kier alpha value is -2.48. The molecule has 0 heterocycles. The molecule has 0 N–H and O–H groups in total. The Morgan fingerprint density at radius 1 is 0.789 bits per heavy atom. The van der Waals surface area contributed by atoms with Crippen LogP contribution in [-0.4, -0.2) is 18.8 Å². The molecule has 0 atom stereocenters. The zero-order valence-electron chi connectivity index (χ0n) is 21.7. The van der Waals surface area contributed by atoms with E-state index in [9.17, 15) is 17.6 Å². The van der Waals surface area contributed by atoms with Gasteiger partial charge in [-0.05, 0) is 93.7 Å². The fourth-order valence-corrected chi connectivity index (χ4v) is 5.60. The number of hydrogen-bond acceptors (Lipinski definition) is 2. The van der Waals surface area contributed by atoms with Crippen molar-refractivity contribution >= 4 is 0 Å². The molecule has 208 valence electrons. The molecule has 2 aliphatic rings. The van der Waals surface area contributed by atoms with Gasteiger partial charge in [0.2, 0.25) is 5.82 Å². The molecule has 2 aromatic rings. The van der Waals surface area contributed by atoms with E-state index in [1.165, 1.54) is 12.1 Å². The average molecular weight is 541 g/mol. The lowest BCUT2D eigenvalue weighted by Crippen LogP contribution is -2.34. The quantitative estimate of drug-likeness (QED) is 0.245. The Balaban J connectivity index is 1.46. The van der Waals surface area contributed by atoms with Gasteiger partial charge < -0.3 is 9.47 Å². The van der Waals surface area contributed by atoms with Gasteiger partial charge in [0.05, 0.1) is 6.10 Å². The summed E-state index contributed by atoms with van der Waals surface area (Å²) in [6.07, 6.45) is 5.98. The molecule has 2 fully saturated rings. The molecular formula is C30H34F6O2. The van der Waals surface area contributed by atoms with Gasteiger partial charge in [-0.25, -0.2) is 13.2 Å². The molecular weight excluding hydrogens is 506 g/mol. The number of alkyl halides is 2. The number of halogens is 6. The summed E-state index contributed by atoms with van der Waals surface area (Å²) in [5, 5.41) is 0. The van der Waals surface area contributed by atoms with Crippen LogP contribution in [0.5, 0.6) is 5.75 Å². The van der Waals surface area contributed by atoms with Gasteiger partial charge in [0.25, 0.3) is 0 Å². The van der Waals surface area contributed by atoms with E-state index in [1.807, 2.05) is 13.0 Å². The van der Waals surface area contributed by atoms with Crippen molar-refractivity contribution in [3.05, 3.63) is 65.2 Å². The largest absolute Gasteiger partial charge is 0.428 e. The van der Waals surface area contributed by atoms with Crippen LogP contribution < -0.4 is 4.74 Å². The lowest BCUT2D eigenvalue weighted by Gasteiger charge is -2.28. The van der Waals surface area contributed by atoms with Crippen LogP contribution in [0.3, 0.4) is 0 Å². The Kier molecular flexibility index (Phi) is 9.11. The molecule has 0 amide bonds. The summed E-state index contributed by atoms with van der Waals surface area (Å²) in [7, 11) is 0. The van der Waals surface area contributed by atoms with E-state index in [1.54, 1.807) is 0 Å². The average Bonchev–Trinajstić information content (AvgIpc) is 2.89. The van der Waals surface area contributed by atoms with Crippen molar-refractivity contribution in [1.29, 1.82) is 0 Å². The minimum Gasteiger partial charge on any atom is -0.428 e. The first kappa shape index (κ1) is 28.5. The van der Waals surface area contributed by atoms with E-state index >= 15 is 8.78 Å².